The molecule has 26 heavy (non-hydrogen) atoms. The third-order valence-corrected chi connectivity index (χ3v) is 3.91. The van der Waals surface area contributed by atoms with Crippen molar-refractivity contribution in [3.8, 4) is 18.0 Å². The van der Waals surface area contributed by atoms with Crippen LogP contribution in [-0.2, 0) is 4.79 Å². The summed E-state index contributed by atoms with van der Waals surface area (Å²) in [6, 6.07) is 7.28. The Kier molecular flexibility index (Phi) is 6.81. The van der Waals surface area contributed by atoms with Crippen LogP contribution in [0.2, 0.25) is 5.02 Å². The van der Waals surface area contributed by atoms with E-state index in [1.54, 1.807) is 16.8 Å². The van der Waals surface area contributed by atoms with Gasteiger partial charge in [-0.1, -0.05) is 37.4 Å². The monoisotopic (exact) mass is 372 g/mol. The maximum absolute atomic E-state index is 12.5. The molecule has 7 heteroatoms. The van der Waals surface area contributed by atoms with Gasteiger partial charge in [0.05, 0.1) is 29.7 Å². The predicted molar refractivity (Wildman–Crippen MR) is 101 cm³/mol. The zero-order valence-electron chi connectivity index (χ0n) is 14.8. The van der Waals surface area contributed by atoms with E-state index in [9.17, 15) is 9.59 Å². The van der Waals surface area contributed by atoms with Crippen molar-refractivity contribution in [3.63, 3.8) is 0 Å². The molecule has 6 nitrogen and oxygen atoms in total. The molecule has 2 rings (SSSR count). The van der Waals surface area contributed by atoms with Gasteiger partial charge in [0.25, 0.3) is 5.91 Å². The molecule has 0 saturated carbocycles. The number of halogens is 1. The van der Waals surface area contributed by atoms with Gasteiger partial charge in [0, 0.05) is 18.0 Å². The number of aromatic nitrogens is 2. The summed E-state index contributed by atoms with van der Waals surface area (Å²) in [4.78, 5) is 24.1. The normalized spacial score (nSPS) is 10.4. The highest BCUT2D eigenvalue weighted by Gasteiger charge is 2.21. The van der Waals surface area contributed by atoms with Gasteiger partial charge >= 0.3 is 0 Å². The highest BCUT2D eigenvalue weighted by atomic mass is 35.5. The van der Waals surface area contributed by atoms with Gasteiger partial charge in [-0.2, -0.15) is 5.10 Å². The maximum Gasteiger partial charge on any atom is 0.254 e. The van der Waals surface area contributed by atoms with Crippen LogP contribution < -0.4 is 10.6 Å². The van der Waals surface area contributed by atoms with E-state index in [0.717, 1.165) is 11.4 Å². The molecule has 0 aliphatic heterocycles. The zero-order valence-corrected chi connectivity index (χ0v) is 15.5. The lowest BCUT2D eigenvalue weighted by molar-refractivity contribution is -0.120. The summed E-state index contributed by atoms with van der Waals surface area (Å²) < 4.78 is 1.71. The number of carbonyl (C=O) groups excluding carboxylic acids is 2. The predicted octanol–water partition coefficient (Wildman–Crippen LogP) is 2.52. The van der Waals surface area contributed by atoms with Gasteiger partial charge in [-0.3, -0.25) is 9.59 Å². The van der Waals surface area contributed by atoms with E-state index in [1.165, 1.54) is 6.20 Å². The van der Waals surface area contributed by atoms with E-state index in [4.69, 9.17) is 18.0 Å². The van der Waals surface area contributed by atoms with E-state index in [0.29, 0.717) is 10.6 Å². The number of rotatable bonds is 7. The highest BCUT2D eigenvalue weighted by molar-refractivity contribution is 6.30. The van der Waals surface area contributed by atoms with E-state index in [-0.39, 0.29) is 37.2 Å². The summed E-state index contributed by atoms with van der Waals surface area (Å²) in [5.74, 6) is 1.91. The Hall–Kier alpha value is -2.78. The fraction of sp³-hybridized carbons (Fsp3) is 0.316. The van der Waals surface area contributed by atoms with Crippen LogP contribution >= 0.6 is 11.6 Å². The van der Waals surface area contributed by atoms with E-state index in [2.05, 4.69) is 21.7 Å². The molecule has 0 bridgehead atoms. The zero-order chi connectivity index (χ0) is 19.1. The molecular formula is C19H21ClN4O2. The molecule has 1 heterocycles. The van der Waals surface area contributed by atoms with Crippen molar-refractivity contribution in [1.82, 2.24) is 20.4 Å². The van der Waals surface area contributed by atoms with Gasteiger partial charge < -0.3 is 10.6 Å². The largest absolute Gasteiger partial charge is 0.351 e. The summed E-state index contributed by atoms with van der Waals surface area (Å²) in [5.41, 5.74) is 2.04. The van der Waals surface area contributed by atoms with Gasteiger partial charge in [0.1, 0.15) is 0 Å². The van der Waals surface area contributed by atoms with Crippen LogP contribution in [0.3, 0.4) is 0 Å². The first kappa shape index (κ1) is 19.5. The fourth-order valence-corrected chi connectivity index (χ4v) is 2.71. The SMILES string of the molecule is C#CCNC(=O)CCNC(=O)c1cnn(-c2cccc(Cl)c2)c1C(C)C. The van der Waals surface area contributed by atoms with Crippen molar-refractivity contribution in [2.75, 3.05) is 13.1 Å². The second kappa shape index (κ2) is 9.07. The molecule has 0 fully saturated rings. The average Bonchev–Trinajstić information content (AvgIpc) is 3.05. The van der Waals surface area contributed by atoms with Crippen molar-refractivity contribution in [2.24, 2.45) is 0 Å². The quantitative estimate of drug-likeness (QED) is 0.733. The minimum absolute atomic E-state index is 0.0659. The van der Waals surface area contributed by atoms with Crippen molar-refractivity contribution in [1.29, 1.82) is 0 Å². The Morgan fingerprint density at radius 3 is 2.77 bits per heavy atom. The number of hydrogen-bond acceptors (Lipinski definition) is 3. The van der Waals surface area contributed by atoms with Crippen LogP contribution in [0.15, 0.2) is 30.5 Å². The molecule has 0 aliphatic carbocycles. The van der Waals surface area contributed by atoms with Crippen LogP contribution in [0.1, 0.15) is 42.2 Å². The Morgan fingerprint density at radius 1 is 1.35 bits per heavy atom. The lowest BCUT2D eigenvalue weighted by Gasteiger charge is -2.13. The van der Waals surface area contributed by atoms with Crippen LogP contribution in [0.25, 0.3) is 5.69 Å². The molecule has 2 N–H and O–H groups in total. The lowest BCUT2D eigenvalue weighted by Crippen LogP contribution is -2.31. The molecule has 0 atom stereocenters. The number of terminal acetylenes is 1. The second-order valence-electron chi connectivity index (χ2n) is 5.98. The van der Waals surface area contributed by atoms with E-state index >= 15 is 0 Å². The number of benzene rings is 1. The highest BCUT2D eigenvalue weighted by Crippen LogP contribution is 2.24. The standard InChI is InChI=1S/C19H21ClN4O2/c1-4-9-21-17(25)8-10-22-19(26)16-12-23-24(18(16)13(2)3)15-7-5-6-14(20)11-15/h1,5-7,11-13H,8-10H2,2-3H3,(H,21,25)(H,22,26). The number of nitrogens with zero attached hydrogens (tertiary/aromatic N) is 2. The van der Waals surface area contributed by atoms with Gasteiger partial charge in [-0.05, 0) is 24.1 Å². The van der Waals surface area contributed by atoms with Crippen molar-refractivity contribution < 1.29 is 9.59 Å². The third kappa shape index (κ3) is 4.87. The summed E-state index contributed by atoms with van der Waals surface area (Å²) in [6.45, 7) is 4.37. The number of nitrogens with one attached hydrogen (secondary N) is 2. The van der Waals surface area contributed by atoms with E-state index < -0.39 is 0 Å². The molecule has 0 spiro atoms. The Bertz CT molecular complexity index is 836. The molecule has 0 saturated heterocycles. The molecule has 2 amide bonds. The van der Waals surface area contributed by atoms with Crippen LogP contribution in [0.4, 0.5) is 0 Å². The van der Waals surface area contributed by atoms with Gasteiger partial charge in [-0.25, -0.2) is 4.68 Å². The molecule has 0 aliphatic rings. The molecule has 0 unspecified atom stereocenters. The maximum atomic E-state index is 12.5. The van der Waals surface area contributed by atoms with Crippen LogP contribution in [-0.4, -0.2) is 34.7 Å². The Morgan fingerprint density at radius 2 is 2.12 bits per heavy atom. The first-order chi connectivity index (χ1) is 12.4. The lowest BCUT2D eigenvalue weighted by atomic mass is 10.0. The second-order valence-corrected chi connectivity index (χ2v) is 6.41. The minimum Gasteiger partial charge on any atom is -0.351 e. The summed E-state index contributed by atoms with van der Waals surface area (Å²) in [6.07, 6.45) is 6.77. The number of amides is 2. The summed E-state index contributed by atoms with van der Waals surface area (Å²) in [5, 5.41) is 10.2. The molecule has 136 valence electrons. The molecule has 0 radical (unpaired) electrons. The summed E-state index contributed by atoms with van der Waals surface area (Å²) >= 11 is 6.06. The van der Waals surface area contributed by atoms with Crippen molar-refractivity contribution in [3.05, 3.63) is 46.7 Å². The topological polar surface area (TPSA) is 76.0 Å². The minimum atomic E-state index is -0.272. The summed E-state index contributed by atoms with van der Waals surface area (Å²) in [7, 11) is 0. The van der Waals surface area contributed by atoms with Gasteiger partial charge in [0.2, 0.25) is 5.91 Å². The van der Waals surface area contributed by atoms with Gasteiger partial charge in [-0.15, -0.1) is 6.42 Å². The fourth-order valence-electron chi connectivity index (χ4n) is 2.52. The first-order valence-corrected chi connectivity index (χ1v) is 8.64. The third-order valence-electron chi connectivity index (χ3n) is 3.68. The van der Waals surface area contributed by atoms with Crippen molar-refractivity contribution >= 4 is 23.4 Å². The average molecular weight is 373 g/mol. The van der Waals surface area contributed by atoms with Crippen LogP contribution in [0, 0.1) is 12.3 Å². The Balaban J connectivity index is 2.13. The smallest absolute Gasteiger partial charge is 0.254 e. The molecule has 1 aromatic heterocycles. The van der Waals surface area contributed by atoms with Crippen molar-refractivity contribution in [2.45, 2.75) is 26.2 Å². The number of hydrogen-bond donors (Lipinski definition) is 2. The van der Waals surface area contributed by atoms with Crippen LogP contribution in [0.5, 0.6) is 0 Å². The first-order valence-electron chi connectivity index (χ1n) is 8.26. The van der Waals surface area contributed by atoms with E-state index in [1.807, 2.05) is 26.0 Å². The molecule has 2 aromatic rings. The molecular weight excluding hydrogens is 352 g/mol. The molecule has 1 aromatic carbocycles. The Labute approximate surface area is 157 Å². The van der Waals surface area contributed by atoms with Gasteiger partial charge in [0.15, 0.2) is 0 Å². The number of carbonyl (C=O) groups is 2.